The molecule has 4 rings (SSSR count). The Balaban J connectivity index is 1.46. The predicted octanol–water partition coefficient (Wildman–Crippen LogP) is 4.57. The van der Waals surface area contributed by atoms with Crippen LogP contribution in [0.1, 0.15) is 15.9 Å². The maximum atomic E-state index is 12.5. The average molecular weight is 343 g/mol. The van der Waals surface area contributed by atoms with E-state index in [9.17, 15) is 4.79 Å². The molecule has 1 aliphatic rings. The molecule has 0 radical (unpaired) electrons. The molecule has 0 aliphatic carbocycles. The van der Waals surface area contributed by atoms with Crippen LogP contribution in [-0.2, 0) is 4.74 Å². The van der Waals surface area contributed by atoms with E-state index in [2.05, 4.69) is 35.2 Å². The Kier molecular flexibility index (Phi) is 4.80. The van der Waals surface area contributed by atoms with Gasteiger partial charge in [0, 0.05) is 24.3 Å². The third-order valence-corrected chi connectivity index (χ3v) is 4.73. The second-order valence-corrected chi connectivity index (χ2v) is 6.45. The predicted molar refractivity (Wildman–Crippen MR) is 107 cm³/mol. The van der Waals surface area contributed by atoms with E-state index in [1.165, 1.54) is 5.69 Å². The third kappa shape index (κ3) is 3.68. The molecule has 1 saturated heterocycles. The van der Waals surface area contributed by atoms with Gasteiger partial charge < -0.3 is 9.64 Å². The van der Waals surface area contributed by atoms with E-state index in [-0.39, 0.29) is 5.78 Å². The highest BCUT2D eigenvalue weighted by Crippen LogP contribution is 2.19. The molecular formula is C23H21NO2. The topological polar surface area (TPSA) is 29.5 Å². The van der Waals surface area contributed by atoms with Crippen LogP contribution in [0.3, 0.4) is 0 Å². The van der Waals surface area contributed by atoms with E-state index in [4.69, 9.17) is 4.74 Å². The van der Waals surface area contributed by atoms with E-state index >= 15 is 0 Å². The Morgan fingerprint density at radius 1 is 0.885 bits per heavy atom. The number of carbonyl (C=O) groups is 1. The lowest BCUT2D eigenvalue weighted by Crippen LogP contribution is -2.36. The highest BCUT2D eigenvalue weighted by molar-refractivity contribution is 6.08. The molecule has 0 amide bonds. The van der Waals surface area contributed by atoms with Gasteiger partial charge in [0.25, 0.3) is 0 Å². The minimum absolute atomic E-state index is 0.0213. The van der Waals surface area contributed by atoms with Crippen LogP contribution < -0.4 is 4.90 Å². The first-order valence-corrected chi connectivity index (χ1v) is 8.93. The number of rotatable bonds is 4. The first-order chi connectivity index (χ1) is 12.8. The van der Waals surface area contributed by atoms with Crippen LogP contribution in [0, 0.1) is 0 Å². The molecular weight excluding hydrogens is 322 g/mol. The standard InChI is InChI=1S/C23H21NO2/c25-23(21-9-8-19-3-1-2-4-20(19)17-21)12-7-18-5-10-22(11-6-18)24-13-15-26-16-14-24/h1-12,17H,13-16H2/b12-7+. The summed E-state index contributed by atoms with van der Waals surface area (Å²) in [6.07, 6.45) is 3.52. The number of allylic oxidation sites excluding steroid dienone is 1. The van der Waals surface area contributed by atoms with Gasteiger partial charge in [-0.2, -0.15) is 0 Å². The Morgan fingerprint density at radius 3 is 2.38 bits per heavy atom. The number of carbonyl (C=O) groups excluding carboxylic acids is 1. The van der Waals surface area contributed by atoms with Crippen molar-refractivity contribution in [3.05, 3.63) is 83.9 Å². The van der Waals surface area contributed by atoms with E-state index in [0.29, 0.717) is 5.56 Å². The number of benzene rings is 3. The van der Waals surface area contributed by atoms with E-state index in [0.717, 1.165) is 42.6 Å². The molecule has 0 N–H and O–H groups in total. The number of ether oxygens (including phenoxy) is 1. The summed E-state index contributed by atoms with van der Waals surface area (Å²) >= 11 is 0. The van der Waals surface area contributed by atoms with Crippen molar-refractivity contribution in [2.45, 2.75) is 0 Å². The number of morpholine rings is 1. The average Bonchev–Trinajstić information content (AvgIpc) is 2.72. The lowest BCUT2D eigenvalue weighted by Gasteiger charge is -2.28. The SMILES string of the molecule is O=C(/C=C/c1ccc(N2CCOCC2)cc1)c1ccc2ccccc2c1. The van der Waals surface area contributed by atoms with Crippen molar-refractivity contribution >= 4 is 28.3 Å². The summed E-state index contributed by atoms with van der Waals surface area (Å²) in [7, 11) is 0. The molecule has 1 fully saturated rings. The molecule has 3 heteroatoms. The zero-order valence-corrected chi connectivity index (χ0v) is 14.6. The minimum Gasteiger partial charge on any atom is -0.378 e. The van der Waals surface area contributed by atoms with Gasteiger partial charge in [-0.3, -0.25) is 4.79 Å². The molecule has 0 atom stereocenters. The molecule has 1 heterocycles. The fourth-order valence-electron chi connectivity index (χ4n) is 3.23. The minimum atomic E-state index is 0.0213. The van der Waals surface area contributed by atoms with E-state index in [1.807, 2.05) is 42.5 Å². The number of nitrogens with zero attached hydrogens (tertiary/aromatic N) is 1. The first kappa shape index (κ1) is 16.6. The Labute approximate surface area is 153 Å². The van der Waals surface area contributed by atoms with Crippen LogP contribution >= 0.6 is 0 Å². The molecule has 0 unspecified atom stereocenters. The van der Waals surface area contributed by atoms with Crippen LogP contribution in [0.5, 0.6) is 0 Å². The van der Waals surface area contributed by atoms with Gasteiger partial charge in [0.2, 0.25) is 0 Å². The van der Waals surface area contributed by atoms with Crippen molar-refractivity contribution in [3.63, 3.8) is 0 Å². The van der Waals surface area contributed by atoms with Gasteiger partial charge in [-0.15, -0.1) is 0 Å². The van der Waals surface area contributed by atoms with Gasteiger partial charge >= 0.3 is 0 Å². The van der Waals surface area contributed by atoms with E-state index < -0.39 is 0 Å². The molecule has 130 valence electrons. The third-order valence-electron chi connectivity index (χ3n) is 4.73. The second kappa shape index (κ2) is 7.54. The van der Waals surface area contributed by atoms with Crippen LogP contribution in [0.4, 0.5) is 5.69 Å². The van der Waals surface area contributed by atoms with Gasteiger partial charge in [-0.1, -0.05) is 54.6 Å². The summed E-state index contributed by atoms with van der Waals surface area (Å²) in [6.45, 7) is 3.41. The zero-order valence-electron chi connectivity index (χ0n) is 14.6. The van der Waals surface area contributed by atoms with Gasteiger partial charge in [-0.05, 0) is 40.6 Å². The van der Waals surface area contributed by atoms with E-state index in [1.54, 1.807) is 6.08 Å². The lowest BCUT2D eigenvalue weighted by atomic mass is 10.0. The fraction of sp³-hybridized carbons (Fsp3) is 0.174. The summed E-state index contributed by atoms with van der Waals surface area (Å²) in [6, 6.07) is 22.2. The molecule has 1 aliphatic heterocycles. The number of hydrogen-bond acceptors (Lipinski definition) is 3. The maximum Gasteiger partial charge on any atom is 0.185 e. The van der Waals surface area contributed by atoms with Crippen molar-refractivity contribution in [3.8, 4) is 0 Å². The van der Waals surface area contributed by atoms with Crippen molar-refractivity contribution in [2.75, 3.05) is 31.2 Å². The Hall–Kier alpha value is -2.91. The van der Waals surface area contributed by atoms with Crippen molar-refractivity contribution in [1.29, 1.82) is 0 Å². The molecule has 3 nitrogen and oxygen atoms in total. The first-order valence-electron chi connectivity index (χ1n) is 8.93. The largest absolute Gasteiger partial charge is 0.378 e. The second-order valence-electron chi connectivity index (χ2n) is 6.45. The number of ketones is 1. The fourth-order valence-corrected chi connectivity index (χ4v) is 3.23. The van der Waals surface area contributed by atoms with Crippen LogP contribution in [0.2, 0.25) is 0 Å². The summed E-state index contributed by atoms with van der Waals surface area (Å²) in [4.78, 5) is 14.8. The summed E-state index contributed by atoms with van der Waals surface area (Å²) in [5.41, 5.74) is 2.94. The summed E-state index contributed by atoms with van der Waals surface area (Å²) < 4.78 is 5.39. The van der Waals surface area contributed by atoms with Crippen LogP contribution in [0.15, 0.2) is 72.8 Å². The Bertz CT molecular complexity index is 938. The lowest BCUT2D eigenvalue weighted by molar-refractivity contribution is 0.104. The summed E-state index contributed by atoms with van der Waals surface area (Å²) in [5, 5.41) is 2.23. The number of hydrogen-bond donors (Lipinski definition) is 0. The molecule has 0 bridgehead atoms. The zero-order chi connectivity index (χ0) is 17.8. The monoisotopic (exact) mass is 343 g/mol. The number of fused-ring (bicyclic) bond motifs is 1. The summed E-state index contributed by atoms with van der Waals surface area (Å²) in [5.74, 6) is 0.0213. The van der Waals surface area contributed by atoms with Gasteiger partial charge in [-0.25, -0.2) is 0 Å². The van der Waals surface area contributed by atoms with Crippen molar-refractivity contribution < 1.29 is 9.53 Å². The maximum absolute atomic E-state index is 12.5. The molecule has 0 saturated carbocycles. The Morgan fingerprint density at radius 2 is 1.62 bits per heavy atom. The number of anilines is 1. The molecule has 26 heavy (non-hydrogen) atoms. The molecule has 0 aromatic heterocycles. The van der Waals surface area contributed by atoms with Crippen molar-refractivity contribution in [2.24, 2.45) is 0 Å². The van der Waals surface area contributed by atoms with Gasteiger partial charge in [0.05, 0.1) is 13.2 Å². The van der Waals surface area contributed by atoms with Crippen LogP contribution in [0.25, 0.3) is 16.8 Å². The smallest absolute Gasteiger partial charge is 0.185 e. The highest BCUT2D eigenvalue weighted by atomic mass is 16.5. The van der Waals surface area contributed by atoms with Gasteiger partial charge in [0.1, 0.15) is 0 Å². The highest BCUT2D eigenvalue weighted by Gasteiger charge is 2.10. The van der Waals surface area contributed by atoms with Crippen molar-refractivity contribution in [1.82, 2.24) is 0 Å². The molecule has 3 aromatic rings. The molecule has 3 aromatic carbocycles. The van der Waals surface area contributed by atoms with Gasteiger partial charge in [0.15, 0.2) is 5.78 Å². The molecule has 0 spiro atoms. The quantitative estimate of drug-likeness (QED) is 0.513. The normalized spacial score (nSPS) is 14.8. The van der Waals surface area contributed by atoms with Crippen LogP contribution in [-0.4, -0.2) is 32.1 Å².